The van der Waals surface area contributed by atoms with E-state index in [1.54, 1.807) is 0 Å². The van der Waals surface area contributed by atoms with Gasteiger partial charge in [0.2, 0.25) is 0 Å². The van der Waals surface area contributed by atoms with Gasteiger partial charge in [-0.05, 0) is 29.4 Å². The third kappa shape index (κ3) is 1.55. The van der Waals surface area contributed by atoms with Crippen LogP contribution in [0.4, 0.5) is 0 Å². The second-order valence-electron chi connectivity index (χ2n) is 4.51. The molecule has 0 saturated heterocycles. The van der Waals surface area contributed by atoms with E-state index >= 15 is 0 Å². The van der Waals surface area contributed by atoms with Crippen LogP contribution in [0.1, 0.15) is 42.1 Å². The number of rotatable bonds is 2. The van der Waals surface area contributed by atoms with Crippen molar-refractivity contribution in [1.29, 1.82) is 0 Å². The van der Waals surface area contributed by atoms with Crippen LogP contribution < -0.4 is 0 Å². The molecule has 1 aromatic rings. The van der Waals surface area contributed by atoms with Gasteiger partial charge in [-0.1, -0.05) is 25.4 Å². The van der Waals surface area contributed by atoms with Crippen molar-refractivity contribution in [3.63, 3.8) is 0 Å². The van der Waals surface area contributed by atoms with Crippen molar-refractivity contribution in [2.24, 2.45) is 5.41 Å². The topological polar surface area (TPSA) is 30.0 Å². The molecule has 1 fully saturated rings. The molecule has 1 unspecified atom stereocenters. The lowest BCUT2D eigenvalue weighted by molar-refractivity contribution is 0.112. The molecule has 1 aliphatic rings. The first-order valence-corrected chi connectivity index (χ1v) is 5.03. The number of pyridine rings is 1. The molecule has 1 aliphatic carbocycles. The van der Waals surface area contributed by atoms with Crippen LogP contribution in [0.25, 0.3) is 0 Å². The Hall–Kier alpha value is -0.890. The maximum Gasteiger partial charge on any atom is 0.151 e. The molecular weight excluding hydrogens is 198 g/mol. The molecule has 2 rings (SSSR count). The number of aromatic nitrogens is 1. The second kappa shape index (κ2) is 3.06. The highest BCUT2D eigenvalue weighted by Gasteiger charge is 2.47. The lowest BCUT2D eigenvalue weighted by Gasteiger charge is -2.05. The summed E-state index contributed by atoms with van der Waals surface area (Å²) in [6.45, 7) is 4.39. The van der Waals surface area contributed by atoms with E-state index in [9.17, 15) is 4.79 Å². The fraction of sp³-hybridized carbons (Fsp3) is 0.455. The van der Waals surface area contributed by atoms with E-state index in [1.165, 1.54) is 6.20 Å². The second-order valence-corrected chi connectivity index (χ2v) is 4.87. The van der Waals surface area contributed by atoms with Crippen LogP contribution in [-0.2, 0) is 0 Å². The number of hydrogen-bond acceptors (Lipinski definition) is 2. The maximum absolute atomic E-state index is 10.6. The van der Waals surface area contributed by atoms with Gasteiger partial charge in [-0.25, -0.2) is 4.98 Å². The van der Waals surface area contributed by atoms with E-state index in [-0.39, 0.29) is 0 Å². The highest BCUT2D eigenvalue weighted by Crippen LogP contribution is 2.59. The summed E-state index contributed by atoms with van der Waals surface area (Å²) in [4.78, 5) is 14.6. The van der Waals surface area contributed by atoms with E-state index < -0.39 is 0 Å². The van der Waals surface area contributed by atoms with Crippen LogP contribution in [0.3, 0.4) is 0 Å². The van der Waals surface area contributed by atoms with Crippen molar-refractivity contribution in [1.82, 2.24) is 4.98 Å². The summed E-state index contributed by atoms with van der Waals surface area (Å²) in [5, 5.41) is 0.533. The Morgan fingerprint density at radius 2 is 2.29 bits per heavy atom. The Balaban J connectivity index is 2.38. The zero-order valence-electron chi connectivity index (χ0n) is 8.25. The highest BCUT2D eigenvalue weighted by atomic mass is 35.5. The number of aldehydes is 1. The Morgan fingerprint density at radius 1 is 1.64 bits per heavy atom. The average molecular weight is 210 g/mol. The molecule has 0 radical (unpaired) electrons. The fourth-order valence-corrected chi connectivity index (χ4v) is 2.02. The minimum atomic E-state index is 0.312. The Kier molecular flexibility index (Phi) is 2.11. The average Bonchev–Trinajstić information content (AvgIpc) is 2.76. The molecule has 0 N–H and O–H groups in total. The molecule has 0 spiro atoms. The fourth-order valence-electron chi connectivity index (χ4n) is 1.79. The third-order valence-corrected chi connectivity index (χ3v) is 3.23. The molecule has 3 heteroatoms. The molecule has 0 aromatic carbocycles. The smallest absolute Gasteiger partial charge is 0.151 e. The molecule has 0 aliphatic heterocycles. The molecule has 1 aromatic heterocycles. The summed E-state index contributed by atoms with van der Waals surface area (Å²) in [5.41, 5.74) is 1.93. The molecule has 74 valence electrons. The van der Waals surface area contributed by atoms with E-state index in [2.05, 4.69) is 18.8 Å². The first-order valence-electron chi connectivity index (χ1n) is 4.65. The van der Waals surface area contributed by atoms with Gasteiger partial charge < -0.3 is 0 Å². The quantitative estimate of drug-likeness (QED) is 0.554. The van der Waals surface area contributed by atoms with Gasteiger partial charge in [-0.15, -0.1) is 0 Å². The monoisotopic (exact) mass is 209 g/mol. The predicted octanol–water partition coefficient (Wildman–Crippen LogP) is 3.06. The van der Waals surface area contributed by atoms with Crippen LogP contribution in [-0.4, -0.2) is 11.3 Å². The molecule has 14 heavy (non-hydrogen) atoms. The maximum atomic E-state index is 10.6. The molecule has 1 heterocycles. The molecule has 0 bridgehead atoms. The van der Waals surface area contributed by atoms with E-state index in [4.69, 9.17) is 11.6 Å². The Labute approximate surface area is 88.3 Å². The van der Waals surface area contributed by atoms with Gasteiger partial charge in [-0.2, -0.15) is 0 Å². The molecule has 2 nitrogen and oxygen atoms in total. The summed E-state index contributed by atoms with van der Waals surface area (Å²) in [6, 6.07) is 1.85. The summed E-state index contributed by atoms with van der Waals surface area (Å²) >= 11 is 5.99. The molecule has 0 amide bonds. The summed E-state index contributed by atoms with van der Waals surface area (Å²) in [5.74, 6) is 0.461. The highest BCUT2D eigenvalue weighted by molar-refractivity contribution is 6.30. The standard InChI is InChI=1S/C11H12ClNO/c1-11(2)4-9(11)8-3-7(6-14)5-13-10(8)12/h3,5-6,9H,4H2,1-2H3. The van der Waals surface area contributed by atoms with E-state index in [0.29, 0.717) is 22.0 Å². The number of hydrogen-bond donors (Lipinski definition) is 0. The normalized spacial score (nSPS) is 23.2. The van der Waals surface area contributed by atoms with Crippen LogP contribution in [0, 0.1) is 5.41 Å². The van der Waals surface area contributed by atoms with Gasteiger partial charge in [-0.3, -0.25) is 4.79 Å². The number of halogens is 1. The summed E-state index contributed by atoms with van der Waals surface area (Å²) in [7, 11) is 0. The van der Waals surface area contributed by atoms with Crippen molar-refractivity contribution < 1.29 is 4.79 Å². The largest absolute Gasteiger partial charge is 0.298 e. The minimum Gasteiger partial charge on any atom is -0.298 e. The molecule has 1 atom stereocenters. The van der Waals surface area contributed by atoms with Gasteiger partial charge in [0.25, 0.3) is 0 Å². The van der Waals surface area contributed by atoms with Gasteiger partial charge in [0.05, 0.1) is 0 Å². The summed E-state index contributed by atoms with van der Waals surface area (Å²) in [6.07, 6.45) is 3.44. The molecule has 1 saturated carbocycles. The van der Waals surface area contributed by atoms with Crippen LogP contribution in [0.2, 0.25) is 5.15 Å². The first-order chi connectivity index (χ1) is 6.54. The van der Waals surface area contributed by atoms with Crippen molar-refractivity contribution in [3.05, 3.63) is 28.5 Å². The Bertz CT molecular complexity index is 387. The van der Waals surface area contributed by atoms with Crippen molar-refractivity contribution in [2.75, 3.05) is 0 Å². The minimum absolute atomic E-state index is 0.312. The third-order valence-electron chi connectivity index (χ3n) is 2.91. The van der Waals surface area contributed by atoms with Crippen molar-refractivity contribution in [3.8, 4) is 0 Å². The number of nitrogens with zero attached hydrogens (tertiary/aromatic N) is 1. The zero-order valence-corrected chi connectivity index (χ0v) is 9.01. The number of carbonyl (C=O) groups is 1. The van der Waals surface area contributed by atoms with Crippen LogP contribution in [0.15, 0.2) is 12.3 Å². The first kappa shape index (κ1) is 9.66. The molecular formula is C11H12ClNO. The van der Waals surface area contributed by atoms with E-state index in [1.807, 2.05) is 6.07 Å². The van der Waals surface area contributed by atoms with Gasteiger partial charge in [0.1, 0.15) is 5.15 Å². The SMILES string of the molecule is CC1(C)CC1c1cc(C=O)cnc1Cl. The van der Waals surface area contributed by atoms with Crippen molar-refractivity contribution in [2.45, 2.75) is 26.2 Å². The lowest BCUT2D eigenvalue weighted by Crippen LogP contribution is -1.94. The van der Waals surface area contributed by atoms with E-state index in [0.717, 1.165) is 18.3 Å². The van der Waals surface area contributed by atoms with Crippen LogP contribution in [0.5, 0.6) is 0 Å². The van der Waals surface area contributed by atoms with Crippen LogP contribution >= 0.6 is 11.6 Å². The zero-order chi connectivity index (χ0) is 10.3. The van der Waals surface area contributed by atoms with Gasteiger partial charge in [0.15, 0.2) is 6.29 Å². The van der Waals surface area contributed by atoms with Crippen molar-refractivity contribution >= 4 is 17.9 Å². The Morgan fingerprint density at radius 3 is 2.79 bits per heavy atom. The lowest BCUT2D eigenvalue weighted by atomic mass is 10.0. The summed E-state index contributed by atoms with van der Waals surface area (Å²) < 4.78 is 0. The van der Waals surface area contributed by atoms with Gasteiger partial charge in [0, 0.05) is 11.8 Å². The van der Waals surface area contributed by atoms with Gasteiger partial charge >= 0.3 is 0 Å². The number of carbonyl (C=O) groups excluding carboxylic acids is 1. The predicted molar refractivity (Wildman–Crippen MR) is 55.8 cm³/mol.